The van der Waals surface area contributed by atoms with Crippen LogP contribution in [0.25, 0.3) is 0 Å². The number of nitrogen functional groups attached to an aromatic ring is 1. The maximum Gasteiger partial charge on any atom is 0.357 e. The maximum absolute atomic E-state index is 13.3. The van der Waals surface area contributed by atoms with Gasteiger partial charge in [-0.3, -0.25) is 14.5 Å². The smallest absolute Gasteiger partial charge is 0.357 e. The van der Waals surface area contributed by atoms with Crippen molar-refractivity contribution < 1.29 is 33.5 Å². The number of hydrogen-bond donors (Lipinski definition) is 2. The van der Waals surface area contributed by atoms with E-state index < -0.39 is 41.5 Å². The molecule has 1 fully saturated rings. The lowest BCUT2D eigenvalue weighted by molar-refractivity contribution is -0.166. The van der Waals surface area contributed by atoms with Crippen molar-refractivity contribution in [2.24, 2.45) is 5.16 Å². The van der Waals surface area contributed by atoms with Gasteiger partial charge in [0.05, 0.1) is 5.56 Å². The molecule has 1 aliphatic carbocycles. The van der Waals surface area contributed by atoms with E-state index in [-0.39, 0.29) is 33.7 Å². The van der Waals surface area contributed by atoms with Crippen molar-refractivity contribution in [2.75, 3.05) is 5.73 Å². The first-order chi connectivity index (χ1) is 19.7. The maximum atomic E-state index is 13.3. The molecular weight excluding hydrogens is 572 g/mol. The van der Waals surface area contributed by atoms with E-state index >= 15 is 0 Å². The van der Waals surface area contributed by atoms with Crippen molar-refractivity contribution in [3.05, 3.63) is 65.6 Å². The summed E-state index contributed by atoms with van der Waals surface area (Å²) in [6, 6.07) is 7.30. The number of hydrogen-bond acceptors (Lipinski definition) is 13. The predicted octanol–water partition coefficient (Wildman–Crippen LogP) is 1.98. The van der Waals surface area contributed by atoms with Gasteiger partial charge in [0.15, 0.2) is 5.13 Å². The normalized spacial score (nSPS) is 24.0. The van der Waals surface area contributed by atoms with Crippen LogP contribution < -0.4 is 11.1 Å². The Bertz CT molecular complexity index is 1440. The first kappa shape index (κ1) is 28.3. The Morgan fingerprint density at radius 3 is 2.63 bits per heavy atom. The molecular formula is C26H26N6O7S2. The van der Waals surface area contributed by atoms with Gasteiger partial charge < -0.3 is 25.4 Å². The quantitative estimate of drug-likeness (QED) is 0.108. The fourth-order valence-electron chi connectivity index (χ4n) is 4.29. The zero-order valence-corrected chi connectivity index (χ0v) is 23.6. The molecule has 2 amide bonds. The number of thioether (sulfide) groups is 1. The van der Waals surface area contributed by atoms with Crippen LogP contribution in [0.2, 0.25) is 0 Å². The number of nitrogens with two attached hydrogens (primary N) is 1. The fourth-order valence-corrected chi connectivity index (χ4v) is 6.05. The first-order valence-corrected chi connectivity index (χ1v) is 14.4. The minimum atomic E-state index is -1.21. The summed E-state index contributed by atoms with van der Waals surface area (Å²) in [5.41, 5.74) is 5.78. The number of ether oxygens (including phenoxy) is 2. The van der Waals surface area contributed by atoms with E-state index in [4.69, 9.17) is 20.0 Å². The molecule has 0 bridgehead atoms. The van der Waals surface area contributed by atoms with Crippen LogP contribution in [0, 0.1) is 0 Å². The van der Waals surface area contributed by atoms with Crippen LogP contribution in [-0.2, 0) is 28.7 Å². The van der Waals surface area contributed by atoms with Gasteiger partial charge in [-0.15, -0.1) is 11.8 Å². The first-order valence-electron chi connectivity index (χ1n) is 12.7. The summed E-state index contributed by atoms with van der Waals surface area (Å²) >= 11 is 2.27. The Morgan fingerprint density at radius 1 is 1.20 bits per heavy atom. The van der Waals surface area contributed by atoms with Gasteiger partial charge >= 0.3 is 11.9 Å². The second-order valence-electron chi connectivity index (χ2n) is 9.23. The summed E-state index contributed by atoms with van der Waals surface area (Å²) in [6.07, 6.45) is 5.42. The van der Waals surface area contributed by atoms with Crippen LogP contribution in [0.3, 0.4) is 0 Å². The summed E-state index contributed by atoms with van der Waals surface area (Å²) in [7, 11) is 0. The number of oxime groups is 1. The minimum Gasteiger partial charge on any atom is -0.422 e. The number of carbonyl (C=O) groups is 4. The van der Waals surface area contributed by atoms with Gasteiger partial charge in [0.2, 0.25) is 17.8 Å². The van der Waals surface area contributed by atoms with Crippen molar-refractivity contribution in [1.82, 2.24) is 19.6 Å². The van der Waals surface area contributed by atoms with Gasteiger partial charge in [-0.05, 0) is 44.1 Å². The van der Waals surface area contributed by atoms with Gasteiger partial charge in [-0.1, -0.05) is 29.4 Å². The molecule has 1 aromatic carbocycles. The largest absolute Gasteiger partial charge is 0.422 e. The molecule has 0 saturated carbocycles. The molecule has 3 aliphatic rings. The lowest BCUT2D eigenvalue weighted by atomic mass is 10.0. The summed E-state index contributed by atoms with van der Waals surface area (Å²) < 4.78 is 14.6. The van der Waals surface area contributed by atoms with Crippen molar-refractivity contribution in [2.45, 2.75) is 55.7 Å². The molecule has 1 saturated heterocycles. The molecule has 15 heteroatoms. The Labute approximate surface area is 242 Å². The highest BCUT2D eigenvalue weighted by atomic mass is 32.2. The Balaban J connectivity index is 1.24. The minimum absolute atomic E-state index is 0.00135. The van der Waals surface area contributed by atoms with E-state index in [2.05, 4.69) is 19.8 Å². The number of carbonyl (C=O) groups excluding carboxylic acids is 4. The van der Waals surface area contributed by atoms with Gasteiger partial charge in [0.1, 0.15) is 23.2 Å². The number of allylic oxidation sites excluding steroid dienone is 1. The average Bonchev–Trinajstić information content (AvgIpc) is 3.63. The number of anilines is 1. The highest BCUT2D eigenvalue weighted by Crippen LogP contribution is 2.41. The fraction of sp³-hybridized carbons (Fsp3) is 0.346. The van der Waals surface area contributed by atoms with Crippen molar-refractivity contribution in [1.29, 1.82) is 0 Å². The molecule has 1 aromatic heterocycles. The van der Waals surface area contributed by atoms with Crippen molar-refractivity contribution in [3.63, 3.8) is 0 Å². The third kappa shape index (κ3) is 6.25. The molecule has 2 aromatic rings. The Kier molecular flexibility index (Phi) is 8.35. The lowest BCUT2D eigenvalue weighted by Gasteiger charge is -2.49. The number of nitrogens with zero attached hydrogens (tertiary/aromatic N) is 4. The summed E-state index contributed by atoms with van der Waals surface area (Å²) in [4.78, 5) is 62.5. The Hall–Kier alpha value is -4.24. The van der Waals surface area contributed by atoms with Crippen LogP contribution in [0.15, 0.2) is 59.4 Å². The molecule has 2 aliphatic heterocycles. The highest BCUT2D eigenvalue weighted by Gasteiger charge is 2.54. The summed E-state index contributed by atoms with van der Waals surface area (Å²) in [6.45, 7) is 3.25. The van der Waals surface area contributed by atoms with E-state index in [1.54, 1.807) is 36.4 Å². The number of benzene rings is 1. The molecule has 5 atom stereocenters. The molecule has 41 heavy (non-hydrogen) atoms. The number of aromatic nitrogens is 2. The molecule has 5 rings (SSSR count). The monoisotopic (exact) mass is 598 g/mol. The number of rotatable bonds is 9. The van der Waals surface area contributed by atoms with Crippen LogP contribution in [0.1, 0.15) is 42.9 Å². The van der Waals surface area contributed by atoms with Crippen LogP contribution in [-0.4, -0.2) is 72.8 Å². The van der Waals surface area contributed by atoms with E-state index in [9.17, 15) is 19.2 Å². The second-order valence-corrected chi connectivity index (χ2v) is 11.5. The number of nitrogens with one attached hydrogen (secondary N) is 1. The molecule has 214 valence electrons. The molecule has 0 spiro atoms. The van der Waals surface area contributed by atoms with Crippen molar-refractivity contribution >= 4 is 57.9 Å². The molecule has 0 radical (unpaired) electrons. The summed E-state index contributed by atoms with van der Waals surface area (Å²) in [5, 5.41) is 6.01. The topological polar surface area (TPSA) is 175 Å². The lowest BCUT2D eigenvalue weighted by Crippen LogP contribution is -2.71. The van der Waals surface area contributed by atoms with Gasteiger partial charge in [-0.25, -0.2) is 9.59 Å². The highest BCUT2D eigenvalue weighted by molar-refractivity contribution is 8.00. The van der Waals surface area contributed by atoms with Crippen LogP contribution in [0.5, 0.6) is 0 Å². The number of fused-ring (bicyclic) bond motifs is 1. The van der Waals surface area contributed by atoms with E-state index in [0.29, 0.717) is 12.0 Å². The third-order valence-corrected chi connectivity index (χ3v) is 8.09. The zero-order valence-electron chi connectivity index (χ0n) is 22.0. The zero-order chi connectivity index (χ0) is 29.1. The standard InChI is InChI=1S/C26H26N6O7S2/c1-13-12-17(25(36)38-14(2)37-24(35)15-8-4-3-5-9-15)32-22(34)19(23(32)40-13)28-21(33)18(20-29-26(27)41-31-20)30-39-16-10-6-7-11-16/h3-6,8-10,12-14,16,19,23H,7,11H2,1-2H3,(H,28,33)(H2,27,29,31)/t13?,14?,16?,19?,23-/m0/s1. The second kappa shape index (κ2) is 12.1. The van der Waals surface area contributed by atoms with Crippen LogP contribution >= 0.6 is 23.3 Å². The summed E-state index contributed by atoms with van der Waals surface area (Å²) in [5.74, 6) is -2.77. The van der Waals surface area contributed by atoms with E-state index in [1.807, 2.05) is 19.1 Å². The predicted molar refractivity (Wildman–Crippen MR) is 149 cm³/mol. The third-order valence-electron chi connectivity index (χ3n) is 6.22. The number of esters is 2. The molecule has 4 unspecified atom stereocenters. The molecule has 3 heterocycles. The van der Waals surface area contributed by atoms with Crippen molar-refractivity contribution in [3.8, 4) is 0 Å². The molecule has 13 nitrogen and oxygen atoms in total. The van der Waals surface area contributed by atoms with Gasteiger partial charge in [0, 0.05) is 23.7 Å². The number of β-lactam (4-membered cyclic amide) rings is 1. The van der Waals surface area contributed by atoms with Gasteiger partial charge in [-0.2, -0.15) is 9.36 Å². The molecule has 3 N–H and O–H groups in total. The van der Waals surface area contributed by atoms with Gasteiger partial charge in [0.25, 0.3) is 11.8 Å². The Morgan fingerprint density at radius 2 is 1.95 bits per heavy atom. The van der Waals surface area contributed by atoms with Crippen LogP contribution in [0.4, 0.5) is 5.13 Å². The number of amides is 2. The van der Waals surface area contributed by atoms with E-state index in [1.165, 1.54) is 23.6 Å². The average molecular weight is 599 g/mol. The SMILES string of the molecule is CC(OC(=O)C1=CC(C)S[C@H]2C(NC(=O)C(=NOC3C=CCC3)c3nsc(N)n3)C(=O)N12)OC(=O)c1ccccc1. The van der Waals surface area contributed by atoms with E-state index in [0.717, 1.165) is 18.0 Å².